The van der Waals surface area contributed by atoms with Crippen molar-refractivity contribution in [1.29, 1.82) is 0 Å². The molecule has 0 aromatic carbocycles. The van der Waals surface area contributed by atoms with Crippen molar-refractivity contribution in [1.82, 2.24) is 0 Å². The molecule has 0 aliphatic heterocycles. The van der Waals surface area contributed by atoms with Crippen LogP contribution in [0.3, 0.4) is 0 Å². The molecular formula is C58H104O6. The number of carbonyl (C=O) groups excluding carboxylic acids is 3. The number of ether oxygens (including phenoxy) is 3. The Morgan fingerprint density at radius 2 is 0.609 bits per heavy atom. The van der Waals surface area contributed by atoms with Gasteiger partial charge in [0, 0.05) is 19.3 Å². The van der Waals surface area contributed by atoms with Crippen LogP contribution < -0.4 is 0 Å². The molecule has 0 rings (SSSR count). The molecule has 0 heterocycles. The van der Waals surface area contributed by atoms with Crippen molar-refractivity contribution in [3.8, 4) is 0 Å². The first-order valence-corrected chi connectivity index (χ1v) is 27.6. The Bertz CT molecular complexity index is 1120. The van der Waals surface area contributed by atoms with E-state index in [1.807, 2.05) is 0 Å². The Morgan fingerprint density at radius 1 is 0.328 bits per heavy atom. The first-order chi connectivity index (χ1) is 31.5. The first-order valence-electron chi connectivity index (χ1n) is 27.6. The Kier molecular flexibility index (Phi) is 50.8. The lowest BCUT2D eigenvalue weighted by molar-refractivity contribution is -0.167. The second-order valence-corrected chi connectivity index (χ2v) is 18.5. The summed E-state index contributed by atoms with van der Waals surface area (Å²) in [7, 11) is 0. The molecule has 0 N–H and O–H groups in total. The molecule has 0 aliphatic rings. The highest BCUT2D eigenvalue weighted by atomic mass is 16.6. The van der Waals surface area contributed by atoms with Gasteiger partial charge in [-0.2, -0.15) is 0 Å². The van der Waals surface area contributed by atoms with Gasteiger partial charge >= 0.3 is 17.9 Å². The topological polar surface area (TPSA) is 78.9 Å². The van der Waals surface area contributed by atoms with E-state index in [4.69, 9.17) is 14.2 Å². The van der Waals surface area contributed by atoms with Crippen LogP contribution in [0, 0.1) is 0 Å². The highest BCUT2D eigenvalue weighted by molar-refractivity contribution is 5.71. The van der Waals surface area contributed by atoms with E-state index < -0.39 is 6.10 Å². The van der Waals surface area contributed by atoms with Crippen LogP contribution in [0.1, 0.15) is 284 Å². The molecule has 0 bridgehead atoms. The van der Waals surface area contributed by atoms with E-state index in [1.54, 1.807) is 0 Å². The minimum atomic E-state index is -0.782. The van der Waals surface area contributed by atoms with Gasteiger partial charge in [-0.1, -0.05) is 236 Å². The molecule has 0 fully saturated rings. The molecule has 0 saturated heterocycles. The van der Waals surface area contributed by atoms with Gasteiger partial charge in [-0.3, -0.25) is 14.4 Å². The molecule has 372 valence electrons. The zero-order chi connectivity index (χ0) is 46.5. The van der Waals surface area contributed by atoms with Gasteiger partial charge < -0.3 is 14.2 Å². The van der Waals surface area contributed by atoms with Crippen molar-refractivity contribution in [2.24, 2.45) is 0 Å². The van der Waals surface area contributed by atoms with Crippen LogP contribution in [0.25, 0.3) is 0 Å². The Labute approximate surface area is 397 Å². The van der Waals surface area contributed by atoms with Gasteiger partial charge in [-0.25, -0.2) is 0 Å². The molecule has 6 heteroatoms. The maximum absolute atomic E-state index is 12.8. The van der Waals surface area contributed by atoms with Crippen molar-refractivity contribution in [3.63, 3.8) is 0 Å². The minimum Gasteiger partial charge on any atom is -0.462 e. The van der Waals surface area contributed by atoms with Gasteiger partial charge in [0.25, 0.3) is 0 Å². The van der Waals surface area contributed by atoms with E-state index in [-0.39, 0.29) is 31.1 Å². The quantitative estimate of drug-likeness (QED) is 0.0262. The number of hydrogen-bond acceptors (Lipinski definition) is 6. The first kappa shape index (κ1) is 61.4. The average Bonchev–Trinajstić information content (AvgIpc) is 3.29. The smallest absolute Gasteiger partial charge is 0.306 e. The number of allylic oxidation sites excluding steroid dienone is 8. The largest absolute Gasteiger partial charge is 0.462 e. The molecule has 0 amide bonds. The van der Waals surface area contributed by atoms with E-state index in [0.29, 0.717) is 19.3 Å². The summed E-state index contributed by atoms with van der Waals surface area (Å²) in [6, 6.07) is 0. The summed E-state index contributed by atoms with van der Waals surface area (Å²) in [6.07, 6.45) is 63.8. The summed E-state index contributed by atoms with van der Waals surface area (Å²) in [5.41, 5.74) is 0. The highest BCUT2D eigenvalue weighted by Crippen LogP contribution is 2.16. The minimum absolute atomic E-state index is 0.0793. The van der Waals surface area contributed by atoms with Crippen LogP contribution in [0.15, 0.2) is 48.6 Å². The summed E-state index contributed by atoms with van der Waals surface area (Å²) in [4.78, 5) is 38.1. The van der Waals surface area contributed by atoms with Crippen molar-refractivity contribution in [2.75, 3.05) is 13.2 Å². The Balaban J connectivity index is 4.37. The van der Waals surface area contributed by atoms with Crippen LogP contribution >= 0.6 is 0 Å². The summed E-state index contributed by atoms with van der Waals surface area (Å²) in [6.45, 7) is 6.52. The third-order valence-electron chi connectivity index (χ3n) is 12.1. The molecule has 0 aliphatic carbocycles. The fraction of sp³-hybridized carbons (Fsp3) is 0.810. The lowest BCUT2D eigenvalue weighted by Crippen LogP contribution is -2.30. The summed E-state index contributed by atoms with van der Waals surface area (Å²) in [5.74, 6) is -0.895. The number of hydrogen-bond donors (Lipinski definition) is 0. The van der Waals surface area contributed by atoms with Crippen LogP contribution in [-0.2, 0) is 28.6 Å². The fourth-order valence-corrected chi connectivity index (χ4v) is 7.92. The summed E-state index contributed by atoms with van der Waals surface area (Å²) >= 11 is 0. The zero-order valence-corrected chi connectivity index (χ0v) is 42.6. The van der Waals surface area contributed by atoms with Gasteiger partial charge in [0.05, 0.1) is 0 Å². The molecule has 0 spiro atoms. The number of unbranched alkanes of at least 4 members (excludes halogenated alkanes) is 31. The van der Waals surface area contributed by atoms with Crippen molar-refractivity contribution in [3.05, 3.63) is 48.6 Å². The zero-order valence-electron chi connectivity index (χ0n) is 42.6. The molecule has 0 aromatic heterocycles. The van der Waals surface area contributed by atoms with E-state index in [2.05, 4.69) is 69.4 Å². The van der Waals surface area contributed by atoms with E-state index in [1.165, 1.54) is 154 Å². The molecule has 1 atom stereocenters. The third-order valence-corrected chi connectivity index (χ3v) is 12.1. The van der Waals surface area contributed by atoms with Gasteiger partial charge in [0.2, 0.25) is 0 Å². The molecule has 1 unspecified atom stereocenters. The maximum atomic E-state index is 12.8. The second-order valence-electron chi connectivity index (χ2n) is 18.5. The summed E-state index contributed by atoms with van der Waals surface area (Å²) < 4.78 is 16.8. The van der Waals surface area contributed by atoms with Gasteiger partial charge in [-0.05, 0) is 77.0 Å². The Morgan fingerprint density at radius 3 is 0.984 bits per heavy atom. The van der Waals surface area contributed by atoms with Gasteiger partial charge in [-0.15, -0.1) is 0 Å². The number of carbonyl (C=O) groups is 3. The Hall–Kier alpha value is -2.63. The van der Waals surface area contributed by atoms with Crippen LogP contribution in [-0.4, -0.2) is 37.2 Å². The molecule has 0 aromatic rings. The SMILES string of the molecule is CC/C=C\C/C=C\C/C=C\CCCCCCC(=O)OCC(COC(=O)CCCCCCCCCCCCCCCCCCC)OC(=O)CCCCCCCCC/C=C\CCCCCC. The fourth-order valence-electron chi connectivity index (χ4n) is 7.92. The normalized spacial score (nSPS) is 12.4. The van der Waals surface area contributed by atoms with E-state index in [9.17, 15) is 14.4 Å². The maximum Gasteiger partial charge on any atom is 0.306 e. The lowest BCUT2D eigenvalue weighted by Gasteiger charge is -2.18. The second kappa shape index (κ2) is 53.0. The molecule has 64 heavy (non-hydrogen) atoms. The molecule has 0 radical (unpaired) electrons. The number of esters is 3. The summed E-state index contributed by atoms with van der Waals surface area (Å²) in [5, 5.41) is 0. The van der Waals surface area contributed by atoms with Gasteiger partial charge in [0.15, 0.2) is 6.10 Å². The predicted molar refractivity (Wildman–Crippen MR) is 275 cm³/mol. The van der Waals surface area contributed by atoms with E-state index in [0.717, 1.165) is 89.9 Å². The monoisotopic (exact) mass is 897 g/mol. The lowest BCUT2D eigenvalue weighted by atomic mass is 10.0. The van der Waals surface area contributed by atoms with Gasteiger partial charge in [0.1, 0.15) is 13.2 Å². The van der Waals surface area contributed by atoms with Crippen LogP contribution in [0.4, 0.5) is 0 Å². The molecule has 6 nitrogen and oxygen atoms in total. The molecular weight excluding hydrogens is 793 g/mol. The molecule has 0 saturated carbocycles. The standard InChI is InChI=1S/C58H104O6/c1-4-7-10-13-16-19-22-25-28-29-31-33-36-39-42-45-48-51-57(60)63-54-55(53-62-56(59)50-47-44-41-38-35-32-27-24-21-18-15-12-9-6-3)64-58(61)52-49-46-43-40-37-34-30-26-23-20-17-14-11-8-5-2/h9,12,18,20-21,23,27,32,55H,4-8,10-11,13-17,19,22,24-26,28-31,33-54H2,1-3H3/b12-9-,21-18-,23-20-,32-27-. The van der Waals surface area contributed by atoms with Crippen molar-refractivity contribution >= 4 is 17.9 Å². The average molecular weight is 897 g/mol. The number of rotatable bonds is 50. The van der Waals surface area contributed by atoms with E-state index >= 15 is 0 Å². The predicted octanol–water partition coefficient (Wildman–Crippen LogP) is 18.3. The van der Waals surface area contributed by atoms with Crippen molar-refractivity contribution < 1.29 is 28.6 Å². The highest BCUT2D eigenvalue weighted by Gasteiger charge is 2.19. The van der Waals surface area contributed by atoms with Crippen LogP contribution in [0.5, 0.6) is 0 Å². The third kappa shape index (κ3) is 50.4. The van der Waals surface area contributed by atoms with Crippen molar-refractivity contribution in [2.45, 2.75) is 290 Å². The van der Waals surface area contributed by atoms with Crippen LogP contribution in [0.2, 0.25) is 0 Å².